The van der Waals surface area contributed by atoms with E-state index in [2.05, 4.69) is 5.32 Å². The number of carbonyl (C=O) groups excluding carboxylic acids is 4. The molecule has 1 aliphatic heterocycles. The number of imide groups is 1. The van der Waals surface area contributed by atoms with Crippen LogP contribution in [0.25, 0.3) is 0 Å². The normalized spacial score (nSPS) is 22.3. The van der Waals surface area contributed by atoms with Gasteiger partial charge < -0.3 is 10.1 Å². The van der Waals surface area contributed by atoms with Crippen molar-refractivity contribution in [3.63, 3.8) is 0 Å². The molecule has 142 valence electrons. The minimum Gasteiger partial charge on any atom is -0.454 e. The van der Waals surface area contributed by atoms with E-state index in [9.17, 15) is 19.2 Å². The van der Waals surface area contributed by atoms with Crippen LogP contribution in [0.15, 0.2) is 42.5 Å². The zero-order valence-corrected chi connectivity index (χ0v) is 15.1. The van der Waals surface area contributed by atoms with Crippen molar-refractivity contribution in [1.82, 2.24) is 10.2 Å². The number of esters is 1. The fourth-order valence-electron chi connectivity index (χ4n) is 3.45. The summed E-state index contributed by atoms with van der Waals surface area (Å²) in [5.41, 5.74) is 0.932. The van der Waals surface area contributed by atoms with Gasteiger partial charge in [-0.05, 0) is 25.3 Å². The highest BCUT2D eigenvalue weighted by atomic mass is 16.5. The lowest BCUT2D eigenvalue weighted by Crippen LogP contribution is -2.38. The van der Waals surface area contributed by atoms with Crippen LogP contribution in [-0.2, 0) is 23.9 Å². The number of hydrogen-bond donors (Lipinski definition) is 1. The standard InChI is InChI=1S/C20H22N2O5/c1-13(14-7-3-2-4-8-14)21-17(23)12-27-18(24)11-22-19(25)15-9-5-6-10-16(15)20(22)26/h2-8,13,15-16H,9-12H2,1H3,(H,21,23)/t13-,15+,16+/m1/s1. The summed E-state index contributed by atoms with van der Waals surface area (Å²) in [6, 6.07) is 9.16. The summed E-state index contributed by atoms with van der Waals surface area (Å²) in [5.74, 6) is -2.67. The van der Waals surface area contributed by atoms with Crippen LogP contribution in [-0.4, -0.2) is 41.7 Å². The Balaban J connectivity index is 1.46. The van der Waals surface area contributed by atoms with Crippen LogP contribution in [0.4, 0.5) is 0 Å². The summed E-state index contributed by atoms with van der Waals surface area (Å²) in [5, 5.41) is 2.73. The molecule has 27 heavy (non-hydrogen) atoms. The molecule has 3 amide bonds. The number of benzene rings is 1. The first-order valence-electron chi connectivity index (χ1n) is 8.97. The van der Waals surface area contributed by atoms with E-state index in [1.54, 1.807) is 0 Å². The van der Waals surface area contributed by atoms with E-state index >= 15 is 0 Å². The third kappa shape index (κ3) is 4.24. The van der Waals surface area contributed by atoms with Gasteiger partial charge in [-0.2, -0.15) is 0 Å². The Kier molecular flexibility index (Phi) is 5.69. The third-order valence-corrected chi connectivity index (χ3v) is 4.93. The molecular weight excluding hydrogens is 348 g/mol. The number of allylic oxidation sites excluding steroid dienone is 2. The van der Waals surface area contributed by atoms with Crippen molar-refractivity contribution in [3.8, 4) is 0 Å². The summed E-state index contributed by atoms with van der Waals surface area (Å²) >= 11 is 0. The molecule has 2 aliphatic rings. The molecule has 1 aliphatic carbocycles. The van der Waals surface area contributed by atoms with Crippen molar-refractivity contribution in [2.45, 2.75) is 25.8 Å². The molecule has 1 fully saturated rings. The van der Waals surface area contributed by atoms with Gasteiger partial charge in [0.15, 0.2) is 6.61 Å². The van der Waals surface area contributed by atoms with Crippen molar-refractivity contribution in [3.05, 3.63) is 48.0 Å². The molecule has 0 unspecified atom stereocenters. The van der Waals surface area contributed by atoms with Gasteiger partial charge in [0.05, 0.1) is 17.9 Å². The number of ether oxygens (including phenoxy) is 1. The van der Waals surface area contributed by atoms with Gasteiger partial charge in [0, 0.05) is 0 Å². The molecule has 1 heterocycles. The van der Waals surface area contributed by atoms with E-state index in [1.165, 1.54) is 0 Å². The van der Waals surface area contributed by atoms with E-state index in [4.69, 9.17) is 4.74 Å². The summed E-state index contributed by atoms with van der Waals surface area (Å²) in [6.07, 6.45) is 4.79. The molecule has 3 atom stereocenters. The molecule has 7 heteroatoms. The number of hydrogen-bond acceptors (Lipinski definition) is 5. The molecule has 7 nitrogen and oxygen atoms in total. The minimum atomic E-state index is -0.772. The number of rotatable bonds is 6. The second kappa shape index (κ2) is 8.16. The second-order valence-electron chi connectivity index (χ2n) is 6.78. The first-order chi connectivity index (χ1) is 13.0. The van der Waals surface area contributed by atoms with Crippen molar-refractivity contribution >= 4 is 23.7 Å². The number of carbonyl (C=O) groups is 4. The van der Waals surface area contributed by atoms with Crippen LogP contribution in [0.2, 0.25) is 0 Å². The van der Waals surface area contributed by atoms with Crippen LogP contribution >= 0.6 is 0 Å². The van der Waals surface area contributed by atoms with Crippen LogP contribution in [0.5, 0.6) is 0 Å². The Morgan fingerprint density at radius 3 is 2.30 bits per heavy atom. The van der Waals surface area contributed by atoms with Gasteiger partial charge in [-0.3, -0.25) is 24.1 Å². The van der Waals surface area contributed by atoms with E-state index in [1.807, 2.05) is 49.4 Å². The topological polar surface area (TPSA) is 92.8 Å². The number of nitrogens with one attached hydrogen (secondary N) is 1. The van der Waals surface area contributed by atoms with Crippen LogP contribution in [0, 0.1) is 11.8 Å². The second-order valence-corrected chi connectivity index (χ2v) is 6.78. The van der Waals surface area contributed by atoms with Crippen molar-refractivity contribution in [2.75, 3.05) is 13.2 Å². The summed E-state index contributed by atoms with van der Waals surface area (Å²) in [7, 11) is 0. The summed E-state index contributed by atoms with van der Waals surface area (Å²) in [6.45, 7) is 0.916. The van der Waals surface area contributed by atoms with Gasteiger partial charge >= 0.3 is 5.97 Å². The maximum absolute atomic E-state index is 12.3. The molecule has 3 rings (SSSR count). The maximum atomic E-state index is 12.3. The van der Waals surface area contributed by atoms with Gasteiger partial charge in [0.2, 0.25) is 11.8 Å². The molecular formula is C20H22N2O5. The number of amides is 3. The lowest BCUT2D eigenvalue weighted by atomic mass is 9.85. The Morgan fingerprint density at radius 1 is 1.11 bits per heavy atom. The first-order valence-corrected chi connectivity index (χ1v) is 8.97. The highest BCUT2D eigenvalue weighted by Gasteiger charge is 2.47. The Labute approximate surface area is 157 Å². The van der Waals surface area contributed by atoms with Crippen molar-refractivity contribution < 1.29 is 23.9 Å². The van der Waals surface area contributed by atoms with E-state index in [0.717, 1.165) is 10.5 Å². The van der Waals surface area contributed by atoms with Gasteiger partial charge in [0.1, 0.15) is 6.54 Å². The van der Waals surface area contributed by atoms with Gasteiger partial charge in [-0.1, -0.05) is 42.5 Å². The van der Waals surface area contributed by atoms with Crippen LogP contribution in [0.1, 0.15) is 31.4 Å². The SMILES string of the molecule is C[C@@H](NC(=O)COC(=O)CN1C(=O)[C@H]2CC=CC[C@@H]2C1=O)c1ccccc1. The summed E-state index contributed by atoms with van der Waals surface area (Å²) < 4.78 is 4.94. The van der Waals surface area contributed by atoms with Gasteiger partial charge in [0.25, 0.3) is 5.91 Å². The van der Waals surface area contributed by atoms with Gasteiger partial charge in [-0.25, -0.2) is 0 Å². The maximum Gasteiger partial charge on any atom is 0.326 e. The van der Waals surface area contributed by atoms with E-state index in [-0.39, 0.29) is 29.7 Å². The molecule has 0 radical (unpaired) electrons. The number of fused-ring (bicyclic) bond motifs is 1. The minimum absolute atomic E-state index is 0.227. The Bertz CT molecular complexity index is 748. The first kappa shape index (κ1) is 18.8. The van der Waals surface area contributed by atoms with Crippen molar-refractivity contribution in [1.29, 1.82) is 0 Å². The smallest absolute Gasteiger partial charge is 0.326 e. The fraction of sp³-hybridized carbons (Fsp3) is 0.400. The molecule has 1 aromatic rings. The zero-order valence-electron chi connectivity index (χ0n) is 15.1. The highest BCUT2D eigenvalue weighted by Crippen LogP contribution is 2.34. The molecule has 1 N–H and O–H groups in total. The molecule has 0 spiro atoms. The third-order valence-electron chi connectivity index (χ3n) is 4.93. The molecule has 0 saturated carbocycles. The molecule has 0 aromatic heterocycles. The van der Waals surface area contributed by atoms with Crippen LogP contribution < -0.4 is 5.32 Å². The molecule has 0 bridgehead atoms. The largest absolute Gasteiger partial charge is 0.454 e. The van der Waals surface area contributed by atoms with Gasteiger partial charge in [-0.15, -0.1) is 0 Å². The predicted octanol–water partition coefficient (Wildman–Crippen LogP) is 1.36. The quantitative estimate of drug-likeness (QED) is 0.464. The van der Waals surface area contributed by atoms with E-state index in [0.29, 0.717) is 12.8 Å². The monoisotopic (exact) mass is 370 g/mol. The lowest BCUT2D eigenvalue weighted by molar-refractivity contribution is -0.155. The number of nitrogens with zero attached hydrogens (tertiary/aromatic N) is 1. The fourth-order valence-corrected chi connectivity index (χ4v) is 3.45. The number of likely N-dealkylation sites (tertiary alicyclic amines) is 1. The summed E-state index contributed by atoms with van der Waals surface area (Å²) in [4.78, 5) is 49.5. The molecule has 1 saturated heterocycles. The van der Waals surface area contributed by atoms with Crippen molar-refractivity contribution in [2.24, 2.45) is 11.8 Å². The Hall–Kier alpha value is -2.96. The predicted molar refractivity (Wildman–Crippen MR) is 96.0 cm³/mol. The molecule has 1 aromatic carbocycles. The van der Waals surface area contributed by atoms with E-state index < -0.39 is 25.0 Å². The zero-order chi connectivity index (χ0) is 19.4. The average Bonchev–Trinajstić information content (AvgIpc) is 2.92. The lowest BCUT2D eigenvalue weighted by Gasteiger charge is -2.16. The Morgan fingerprint density at radius 2 is 1.70 bits per heavy atom. The highest BCUT2D eigenvalue weighted by molar-refractivity contribution is 6.07. The average molecular weight is 370 g/mol. The van der Waals surface area contributed by atoms with Crippen LogP contribution in [0.3, 0.4) is 0 Å².